The molecule has 1 N–H and O–H groups in total. The second kappa shape index (κ2) is 9.93. The zero-order valence-electron chi connectivity index (χ0n) is 16.6. The summed E-state index contributed by atoms with van der Waals surface area (Å²) in [5, 5.41) is 0.636. The maximum absolute atomic E-state index is 13.4. The van der Waals surface area contributed by atoms with Gasteiger partial charge in [0, 0.05) is 5.56 Å². The van der Waals surface area contributed by atoms with Gasteiger partial charge in [0.25, 0.3) is 5.91 Å². The molecule has 1 amide bonds. The van der Waals surface area contributed by atoms with Crippen LogP contribution < -0.4 is 10.1 Å². The van der Waals surface area contributed by atoms with E-state index in [-0.39, 0.29) is 9.32 Å². The van der Waals surface area contributed by atoms with E-state index in [1.807, 2.05) is 0 Å². The SMILES string of the molecule is O=C(NC(CS(=O)(=O)[O-])(C(F)(F)F)C(F)(F)F)c1ccc(I)c(OC(=O)C2CCCCC2)c1. The van der Waals surface area contributed by atoms with Crippen LogP contribution in [0.1, 0.15) is 42.5 Å². The monoisotopic (exact) mass is 616 g/mol. The third-order valence-corrected chi connectivity index (χ3v) is 6.71. The molecule has 1 aromatic rings. The number of halogens is 7. The smallest absolute Gasteiger partial charge is 0.421 e. The van der Waals surface area contributed by atoms with E-state index < -0.39 is 57.1 Å². The Morgan fingerprint density at radius 3 is 2.09 bits per heavy atom. The number of carbonyl (C=O) groups excluding carboxylic acids is 2. The molecule has 1 fully saturated rings. The molecule has 0 radical (unpaired) electrons. The second-order valence-electron chi connectivity index (χ2n) is 7.46. The highest BCUT2D eigenvalue weighted by molar-refractivity contribution is 14.1. The molecule has 1 aromatic carbocycles. The van der Waals surface area contributed by atoms with Crippen molar-refractivity contribution in [3.8, 4) is 5.75 Å². The highest BCUT2D eigenvalue weighted by Gasteiger charge is 2.72. The minimum absolute atomic E-state index is 0.244. The van der Waals surface area contributed by atoms with Crippen molar-refractivity contribution in [3.63, 3.8) is 0 Å². The van der Waals surface area contributed by atoms with Gasteiger partial charge in [-0.2, -0.15) is 26.3 Å². The Bertz CT molecular complexity index is 991. The summed E-state index contributed by atoms with van der Waals surface area (Å²) in [6.45, 7) is 0. The first-order chi connectivity index (χ1) is 15.0. The average Bonchev–Trinajstić information content (AvgIpc) is 2.66. The van der Waals surface area contributed by atoms with Crippen molar-refractivity contribution in [2.24, 2.45) is 5.92 Å². The molecule has 0 bridgehead atoms. The third kappa shape index (κ3) is 6.71. The summed E-state index contributed by atoms with van der Waals surface area (Å²) in [7, 11) is -6.09. The molecule has 0 unspecified atom stereocenters. The molecule has 1 aliphatic rings. The molecule has 15 heteroatoms. The van der Waals surface area contributed by atoms with Gasteiger partial charge < -0.3 is 14.6 Å². The van der Waals surface area contributed by atoms with Crippen molar-refractivity contribution in [3.05, 3.63) is 27.3 Å². The lowest BCUT2D eigenvalue weighted by Gasteiger charge is -2.38. The maximum Gasteiger partial charge on any atom is 0.421 e. The van der Waals surface area contributed by atoms with Crippen molar-refractivity contribution in [2.75, 3.05) is 5.75 Å². The molecule has 7 nitrogen and oxygen atoms in total. The zero-order chi connectivity index (χ0) is 25.2. The van der Waals surface area contributed by atoms with Crippen LogP contribution in [-0.2, 0) is 14.9 Å². The van der Waals surface area contributed by atoms with Crippen LogP contribution in [0.4, 0.5) is 26.3 Å². The van der Waals surface area contributed by atoms with Gasteiger partial charge in [-0.25, -0.2) is 8.42 Å². The summed E-state index contributed by atoms with van der Waals surface area (Å²) >= 11 is 1.69. The molecule has 0 aliphatic heterocycles. The van der Waals surface area contributed by atoms with E-state index in [0.717, 1.165) is 37.5 Å². The Kier molecular flexibility index (Phi) is 8.32. The molecule has 186 valence electrons. The largest absolute Gasteiger partial charge is 0.748 e. The Morgan fingerprint density at radius 1 is 1.06 bits per heavy atom. The minimum atomic E-state index is -6.38. The lowest BCUT2D eigenvalue weighted by Crippen LogP contribution is -2.70. The molecule has 0 aromatic heterocycles. The van der Waals surface area contributed by atoms with E-state index >= 15 is 0 Å². The number of alkyl halides is 6. The van der Waals surface area contributed by atoms with Gasteiger partial charge in [-0.15, -0.1) is 0 Å². The van der Waals surface area contributed by atoms with Crippen molar-refractivity contribution < 1.29 is 53.6 Å². The van der Waals surface area contributed by atoms with Crippen LogP contribution in [0.3, 0.4) is 0 Å². The highest BCUT2D eigenvalue weighted by atomic mass is 127. The Morgan fingerprint density at radius 2 is 1.61 bits per heavy atom. The van der Waals surface area contributed by atoms with Crippen LogP contribution in [0.5, 0.6) is 5.75 Å². The number of esters is 1. The predicted octanol–water partition coefficient (Wildman–Crippen LogP) is 3.92. The van der Waals surface area contributed by atoms with Crippen LogP contribution >= 0.6 is 22.6 Å². The highest BCUT2D eigenvalue weighted by Crippen LogP contribution is 2.44. The maximum atomic E-state index is 13.4. The molecule has 33 heavy (non-hydrogen) atoms. The molecule has 1 aliphatic carbocycles. The van der Waals surface area contributed by atoms with E-state index in [9.17, 15) is 48.9 Å². The van der Waals surface area contributed by atoms with Gasteiger partial charge in [-0.05, 0) is 53.6 Å². The van der Waals surface area contributed by atoms with Gasteiger partial charge in [0.15, 0.2) is 0 Å². The lowest BCUT2D eigenvalue weighted by atomic mass is 9.89. The fourth-order valence-corrected chi connectivity index (χ4v) is 4.66. The average molecular weight is 616 g/mol. The Hall–Kier alpha value is -1.62. The number of amides is 1. The van der Waals surface area contributed by atoms with E-state index in [1.165, 1.54) is 0 Å². The second-order valence-corrected chi connectivity index (χ2v) is 10.0. The number of hydrogen-bond donors (Lipinski definition) is 1. The van der Waals surface area contributed by atoms with Gasteiger partial charge in [0.2, 0.25) is 5.54 Å². The van der Waals surface area contributed by atoms with Crippen molar-refractivity contribution in [2.45, 2.75) is 50.0 Å². The summed E-state index contributed by atoms with van der Waals surface area (Å²) < 4.78 is 118. The van der Waals surface area contributed by atoms with E-state index in [2.05, 4.69) is 0 Å². The molecule has 0 atom stereocenters. The van der Waals surface area contributed by atoms with Crippen molar-refractivity contribution >= 4 is 44.6 Å². The topological polar surface area (TPSA) is 113 Å². The van der Waals surface area contributed by atoms with Gasteiger partial charge >= 0.3 is 18.3 Å². The first-order valence-electron chi connectivity index (χ1n) is 9.37. The fraction of sp³-hybridized carbons (Fsp3) is 0.556. The molecular formula is C18H17F6INO6S-. The van der Waals surface area contributed by atoms with Crippen LogP contribution in [0.15, 0.2) is 18.2 Å². The fourth-order valence-electron chi connectivity index (χ4n) is 3.29. The number of rotatable bonds is 6. The van der Waals surface area contributed by atoms with Crippen LogP contribution in [0.25, 0.3) is 0 Å². The Labute approximate surface area is 198 Å². The summed E-state index contributed by atoms with van der Waals surface area (Å²) in [6.07, 6.45) is -9.12. The molecular weight excluding hydrogens is 599 g/mol. The summed E-state index contributed by atoms with van der Waals surface area (Å²) in [4.78, 5) is 24.7. The lowest BCUT2D eigenvalue weighted by molar-refractivity contribution is -0.296. The third-order valence-electron chi connectivity index (χ3n) is 5.03. The van der Waals surface area contributed by atoms with Gasteiger partial charge in [0.05, 0.1) is 25.4 Å². The summed E-state index contributed by atoms with van der Waals surface area (Å²) in [6, 6.07) is 2.74. The van der Waals surface area contributed by atoms with Gasteiger partial charge in [-0.1, -0.05) is 19.3 Å². The van der Waals surface area contributed by atoms with E-state index in [4.69, 9.17) is 4.74 Å². The number of hydrogen-bond acceptors (Lipinski definition) is 6. The number of nitrogens with one attached hydrogen (secondary N) is 1. The van der Waals surface area contributed by atoms with E-state index in [1.54, 1.807) is 22.6 Å². The molecule has 0 spiro atoms. The van der Waals surface area contributed by atoms with Crippen LogP contribution in [0, 0.1) is 9.49 Å². The first kappa shape index (κ1) is 27.6. The van der Waals surface area contributed by atoms with Gasteiger partial charge in [0.1, 0.15) is 5.75 Å². The number of carbonyl (C=O) groups is 2. The molecule has 0 saturated heterocycles. The standard InChI is InChI=1S/C18H18F6INO6S/c19-17(20,21)16(18(22,23)24,9-33(29,30)31)26-14(27)11-6-7-12(25)13(8-11)32-15(28)10-4-2-1-3-5-10/h6-8,10H,1-5,9H2,(H,26,27)(H,29,30,31)/p-1. The Balaban J connectivity index is 2.38. The quantitative estimate of drug-likeness (QED) is 0.171. The minimum Gasteiger partial charge on any atom is -0.748 e. The van der Waals surface area contributed by atoms with Crippen molar-refractivity contribution in [1.29, 1.82) is 0 Å². The predicted molar refractivity (Wildman–Crippen MR) is 108 cm³/mol. The van der Waals surface area contributed by atoms with Crippen LogP contribution in [0.2, 0.25) is 0 Å². The summed E-state index contributed by atoms with van der Waals surface area (Å²) in [5.41, 5.74) is -6.12. The van der Waals surface area contributed by atoms with E-state index in [0.29, 0.717) is 18.2 Å². The first-order valence-corrected chi connectivity index (χ1v) is 12.0. The molecule has 1 saturated carbocycles. The van der Waals surface area contributed by atoms with Gasteiger partial charge in [-0.3, -0.25) is 9.59 Å². The molecule has 2 rings (SSSR count). The zero-order valence-corrected chi connectivity index (χ0v) is 19.5. The van der Waals surface area contributed by atoms with Crippen molar-refractivity contribution in [1.82, 2.24) is 5.32 Å². The number of benzene rings is 1. The summed E-state index contributed by atoms with van der Waals surface area (Å²) in [5.74, 6) is -6.31. The normalized spacial score (nSPS) is 16.4. The van der Waals surface area contributed by atoms with Crippen LogP contribution in [-0.4, -0.2) is 48.5 Å². The molecule has 0 heterocycles. The number of ether oxygens (including phenoxy) is 1.